The molecule has 4 heteroatoms. The molecule has 0 N–H and O–H groups in total. The maximum absolute atomic E-state index is 13.6. The molecule has 0 fully saturated rings. The summed E-state index contributed by atoms with van der Waals surface area (Å²) in [5, 5.41) is 0. The number of aliphatic imine (C=N–C) groups is 1. The normalized spacial score (nSPS) is 19.0. The molecule has 0 saturated heterocycles. The minimum atomic E-state index is -0.253. The molecule has 2 aromatic carbocycles. The molecule has 1 unspecified atom stereocenters. The largest absolute Gasteiger partial charge is 0.248 e. The van der Waals surface area contributed by atoms with E-state index in [1.165, 1.54) is 12.1 Å². The van der Waals surface area contributed by atoms with Crippen LogP contribution in [-0.4, -0.2) is 10.8 Å². The van der Waals surface area contributed by atoms with Gasteiger partial charge in [0.2, 0.25) is 5.84 Å². The first-order valence-electron chi connectivity index (χ1n) is 10.0. The number of fused-ring (bicyclic) bond motifs is 1. The Labute approximate surface area is 180 Å². The Morgan fingerprint density at radius 3 is 2.61 bits per heavy atom. The van der Waals surface area contributed by atoms with Crippen molar-refractivity contribution in [1.82, 2.24) is 9.47 Å². The molecule has 1 atom stereocenters. The fourth-order valence-corrected chi connectivity index (χ4v) is 3.81. The molecule has 2 aliphatic rings. The lowest BCUT2D eigenvalue weighted by molar-refractivity contribution is 0.625. The fourth-order valence-electron chi connectivity index (χ4n) is 3.81. The summed E-state index contributed by atoms with van der Waals surface area (Å²) in [6, 6.07) is 20.3. The third-order valence-corrected chi connectivity index (χ3v) is 5.33. The van der Waals surface area contributed by atoms with E-state index in [1.807, 2.05) is 73.7 Å². The van der Waals surface area contributed by atoms with Gasteiger partial charge in [0.25, 0.3) is 0 Å². The molecule has 0 aliphatic carbocycles. The van der Waals surface area contributed by atoms with Gasteiger partial charge in [-0.2, -0.15) is 9.48 Å². The molecular formula is C27H19FN3+. The first-order chi connectivity index (χ1) is 15.1. The molecule has 3 aromatic rings. The quantitative estimate of drug-likeness (QED) is 0.391. The lowest BCUT2D eigenvalue weighted by atomic mass is 10.1. The van der Waals surface area contributed by atoms with Crippen LogP contribution in [0.25, 0.3) is 5.70 Å². The summed E-state index contributed by atoms with van der Waals surface area (Å²) >= 11 is 0. The number of quaternary nitrogens is 1. The SMILES string of the molecule is CC1=CC=C[N+]2(c3ccc(F)cc3)C=C(c3cccc(C#Cc4ccccn4)c3)N=C12. The molecule has 0 amide bonds. The van der Waals surface area contributed by atoms with Gasteiger partial charge in [-0.1, -0.05) is 24.1 Å². The van der Waals surface area contributed by atoms with Crippen molar-refractivity contribution in [3.05, 3.63) is 126 Å². The molecule has 31 heavy (non-hydrogen) atoms. The predicted molar refractivity (Wildman–Crippen MR) is 123 cm³/mol. The van der Waals surface area contributed by atoms with E-state index in [4.69, 9.17) is 4.99 Å². The number of nitrogens with zero attached hydrogens (tertiary/aromatic N) is 3. The van der Waals surface area contributed by atoms with Crippen LogP contribution >= 0.6 is 0 Å². The zero-order valence-corrected chi connectivity index (χ0v) is 17.0. The van der Waals surface area contributed by atoms with Gasteiger partial charge in [-0.15, -0.1) is 0 Å². The summed E-state index contributed by atoms with van der Waals surface area (Å²) in [4.78, 5) is 9.22. The van der Waals surface area contributed by atoms with Crippen molar-refractivity contribution < 1.29 is 4.39 Å². The number of hydrogen-bond acceptors (Lipinski definition) is 2. The van der Waals surface area contributed by atoms with Gasteiger partial charge in [0.1, 0.15) is 35.3 Å². The standard InChI is InChI=1S/C27H19FN3/c1-20-6-5-17-31(25-14-11-23(28)12-15-25)19-26(30-27(20)31)22-8-4-7-21(18-22)10-13-24-9-2-3-16-29-24/h2-9,11-12,14-19H,1H3/q+1. The maximum atomic E-state index is 13.6. The van der Waals surface area contributed by atoms with Crippen LogP contribution in [-0.2, 0) is 0 Å². The molecule has 3 nitrogen and oxygen atoms in total. The van der Waals surface area contributed by atoms with E-state index in [0.29, 0.717) is 4.48 Å². The number of hydrogen-bond donors (Lipinski definition) is 0. The molecule has 0 bridgehead atoms. The molecule has 0 saturated carbocycles. The van der Waals surface area contributed by atoms with Crippen LogP contribution in [0, 0.1) is 17.7 Å². The Morgan fingerprint density at radius 2 is 1.81 bits per heavy atom. The Kier molecular flexibility index (Phi) is 4.66. The minimum Gasteiger partial charge on any atom is -0.248 e. The zero-order valence-electron chi connectivity index (χ0n) is 17.0. The van der Waals surface area contributed by atoms with Crippen molar-refractivity contribution in [2.45, 2.75) is 6.92 Å². The van der Waals surface area contributed by atoms with E-state index in [-0.39, 0.29) is 5.82 Å². The highest BCUT2D eigenvalue weighted by molar-refractivity contribution is 6.14. The first-order valence-corrected chi connectivity index (χ1v) is 10.0. The summed E-state index contributed by atoms with van der Waals surface area (Å²) in [5.74, 6) is 6.94. The van der Waals surface area contributed by atoms with Crippen molar-refractivity contribution in [1.29, 1.82) is 0 Å². The number of pyridine rings is 1. The molecular weight excluding hydrogens is 385 g/mol. The minimum absolute atomic E-state index is 0.253. The van der Waals surface area contributed by atoms with E-state index in [0.717, 1.165) is 39.6 Å². The molecule has 1 aromatic heterocycles. The van der Waals surface area contributed by atoms with Crippen LogP contribution in [0.5, 0.6) is 0 Å². The molecule has 0 spiro atoms. The molecule has 0 radical (unpaired) electrons. The van der Waals surface area contributed by atoms with E-state index < -0.39 is 0 Å². The van der Waals surface area contributed by atoms with Crippen molar-refractivity contribution in [3.63, 3.8) is 0 Å². The highest BCUT2D eigenvalue weighted by Crippen LogP contribution is 2.38. The lowest BCUT2D eigenvalue weighted by Crippen LogP contribution is -2.44. The van der Waals surface area contributed by atoms with Gasteiger partial charge < -0.3 is 0 Å². The van der Waals surface area contributed by atoms with Gasteiger partial charge in [-0.25, -0.2) is 9.37 Å². The second kappa shape index (κ2) is 7.64. The van der Waals surface area contributed by atoms with E-state index >= 15 is 0 Å². The van der Waals surface area contributed by atoms with E-state index in [9.17, 15) is 4.39 Å². The first kappa shape index (κ1) is 18.9. The van der Waals surface area contributed by atoms with Gasteiger partial charge in [0.05, 0.1) is 0 Å². The van der Waals surface area contributed by atoms with Crippen LogP contribution < -0.4 is 4.48 Å². The van der Waals surface area contributed by atoms with Crippen LogP contribution in [0.15, 0.2) is 108 Å². The summed E-state index contributed by atoms with van der Waals surface area (Å²) in [7, 11) is 0. The van der Waals surface area contributed by atoms with Gasteiger partial charge in [-0.3, -0.25) is 0 Å². The van der Waals surface area contributed by atoms with Crippen molar-refractivity contribution in [3.8, 4) is 11.8 Å². The Balaban J connectivity index is 1.56. The Bertz CT molecular complexity index is 1340. The van der Waals surface area contributed by atoms with Crippen LogP contribution in [0.2, 0.25) is 0 Å². The van der Waals surface area contributed by atoms with Gasteiger partial charge >= 0.3 is 0 Å². The van der Waals surface area contributed by atoms with E-state index in [1.54, 1.807) is 6.20 Å². The number of halogens is 1. The summed E-state index contributed by atoms with van der Waals surface area (Å²) in [5.41, 5.74) is 5.48. The predicted octanol–water partition coefficient (Wildman–Crippen LogP) is 5.81. The topological polar surface area (TPSA) is 25.2 Å². The summed E-state index contributed by atoms with van der Waals surface area (Å²) in [6.07, 6.45) is 9.96. The molecule has 2 aliphatic heterocycles. The zero-order chi connectivity index (χ0) is 21.3. The summed E-state index contributed by atoms with van der Waals surface area (Å²) in [6.45, 7) is 2.05. The highest BCUT2D eigenvalue weighted by atomic mass is 19.1. The van der Waals surface area contributed by atoms with Gasteiger partial charge in [0.15, 0.2) is 0 Å². The van der Waals surface area contributed by atoms with Crippen molar-refractivity contribution in [2.24, 2.45) is 4.99 Å². The van der Waals surface area contributed by atoms with Gasteiger partial charge in [0, 0.05) is 35.0 Å². The third kappa shape index (κ3) is 3.52. The fraction of sp³-hybridized carbons (Fsp3) is 0.0370. The number of aromatic nitrogens is 1. The average molecular weight is 404 g/mol. The number of amidine groups is 1. The second-order valence-corrected chi connectivity index (χ2v) is 7.44. The Morgan fingerprint density at radius 1 is 0.935 bits per heavy atom. The van der Waals surface area contributed by atoms with E-state index in [2.05, 4.69) is 29.2 Å². The third-order valence-electron chi connectivity index (χ3n) is 5.33. The molecule has 5 rings (SSSR count). The van der Waals surface area contributed by atoms with Crippen molar-refractivity contribution in [2.75, 3.05) is 0 Å². The monoisotopic (exact) mass is 404 g/mol. The smallest absolute Gasteiger partial charge is 0.245 e. The maximum Gasteiger partial charge on any atom is 0.245 e. The molecule has 3 heterocycles. The number of benzene rings is 2. The van der Waals surface area contributed by atoms with Gasteiger partial charge in [-0.05, 0) is 61.4 Å². The molecule has 148 valence electrons. The Hall–Kier alpha value is -4.07. The van der Waals surface area contributed by atoms with Crippen LogP contribution in [0.3, 0.4) is 0 Å². The second-order valence-electron chi connectivity index (χ2n) is 7.44. The average Bonchev–Trinajstić information content (AvgIpc) is 3.22. The number of allylic oxidation sites excluding steroid dienone is 2. The highest BCUT2D eigenvalue weighted by Gasteiger charge is 2.41. The summed E-state index contributed by atoms with van der Waals surface area (Å²) < 4.78 is 13.9. The number of rotatable bonds is 2. The van der Waals surface area contributed by atoms with Crippen LogP contribution in [0.4, 0.5) is 10.1 Å². The lowest BCUT2D eigenvalue weighted by Gasteiger charge is -2.29. The van der Waals surface area contributed by atoms with Crippen LogP contribution in [0.1, 0.15) is 23.7 Å². The van der Waals surface area contributed by atoms with Crippen molar-refractivity contribution >= 4 is 17.2 Å².